The van der Waals surface area contributed by atoms with Crippen LogP contribution in [0.4, 0.5) is 17.6 Å². The highest BCUT2D eigenvalue weighted by molar-refractivity contribution is 5.87. The van der Waals surface area contributed by atoms with Crippen molar-refractivity contribution < 1.29 is 22.3 Å². The molecule has 0 spiro atoms. The molecule has 1 aliphatic heterocycles. The van der Waals surface area contributed by atoms with Crippen molar-refractivity contribution in [2.45, 2.75) is 49.9 Å². The summed E-state index contributed by atoms with van der Waals surface area (Å²) < 4.78 is 63.8. The molecule has 182 valence electrons. The molecule has 1 saturated carbocycles. The van der Waals surface area contributed by atoms with E-state index in [4.69, 9.17) is 4.74 Å². The molecule has 1 aromatic carbocycles. The van der Waals surface area contributed by atoms with Gasteiger partial charge in [-0.15, -0.1) is 0 Å². The van der Waals surface area contributed by atoms with Gasteiger partial charge in [0.15, 0.2) is 5.65 Å². The molecule has 0 bridgehead atoms. The lowest BCUT2D eigenvalue weighted by Gasteiger charge is -2.28. The zero-order chi connectivity index (χ0) is 24.3. The Morgan fingerprint density at radius 1 is 1.11 bits per heavy atom. The number of rotatable bonds is 4. The maximum atomic E-state index is 14.9. The lowest BCUT2D eigenvalue weighted by molar-refractivity contribution is -0.137. The number of imidazole rings is 1. The Hall–Kier alpha value is -3.34. The van der Waals surface area contributed by atoms with E-state index in [1.54, 1.807) is 11.6 Å². The van der Waals surface area contributed by atoms with Crippen molar-refractivity contribution in [2.75, 3.05) is 6.61 Å². The molecule has 0 amide bonds. The zero-order valence-corrected chi connectivity index (χ0v) is 18.8. The standard InChI is InChI=1S/C24H22F4N6O/c1-33-12-29-23-21(33)20(17-5-2-15(9-18(17)25)24(26,27)28)31-22(32-23)13-6-7-35-19(8-13)14-10-30-34(11-14)16-3-4-16/h2,5,9-13,16,19H,3-4,6-8H2,1H3/t13?,19-/m1/s1. The van der Waals surface area contributed by atoms with E-state index in [1.165, 1.54) is 6.33 Å². The monoisotopic (exact) mass is 486 g/mol. The Kier molecular flexibility index (Phi) is 5.13. The molecular weight excluding hydrogens is 464 g/mol. The van der Waals surface area contributed by atoms with Gasteiger partial charge in [-0.3, -0.25) is 4.68 Å². The largest absolute Gasteiger partial charge is 0.416 e. The molecule has 1 unspecified atom stereocenters. The van der Waals surface area contributed by atoms with Crippen LogP contribution in [0.15, 0.2) is 36.9 Å². The molecule has 4 aromatic rings. The molecule has 4 heterocycles. The van der Waals surface area contributed by atoms with Crippen molar-refractivity contribution in [1.29, 1.82) is 0 Å². The fourth-order valence-corrected chi connectivity index (χ4v) is 4.65. The van der Waals surface area contributed by atoms with Gasteiger partial charge in [-0.2, -0.15) is 18.3 Å². The third-order valence-corrected chi connectivity index (χ3v) is 6.70. The summed E-state index contributed by atoms with van der Waals surface area (Å²) in [5.41, 5.74) is 0.978. The first kappa shape index (κ1) is 22.1. The van der Waals surface area contributed by atoms with Crippen molar-refractivity contribution in [2.24, 2.45) is 7.05 Å². The van der Waals surface area contributed by atoms with Crippen LogP contribution in [0.1, 0.15) is 60.7 Å². The van der Waals surface area contributed by atoms with Gasteiger partial charge in [-0.05, 0) is 43.9 Å². The normalized spacial score (nSPS) is 21.1. The van der Waals surface area contributed by atoms with Gasteiger partial charge in [-0.1, -0.05) is 0 Å². The number of halogens is 4. The summed E-state index contributed by atoms with van der Waals surface area (Å²) >= 11 is 0. The number of fused-ring (bicyclic) bond motifs is 1. The molecule has 35 heavy (non-hydrogen) atoms. The van der Waals surface area contributed by atoms with Gasteiger partial charge >= 0.3 is 6.18 Å². The molecular formula is C24H22F4N6O. The third-order valence-electron chi connectivity index (χ3n) is 6.70. The number of aromatic nitrogens is 6. The van der Waals surface area contributed by atoms with E-state index in [2.05, 4.69) is 20.1 Å². The van der Waals surface area contributed by atoms with Crippen LogP contribution in [0.25, 0.3) is 22.4 Å². The molecule has 2 aliphatic rings. The predicted octanol–water partition coefficient (Wildman–Crippen LogP) is 5.35. The quantitative estimate of drug-likeness (QED) is 0.364. The molecule has 0 N–H and O–H groups in total. The predicted molar refractivity (Wildman–Crippen MR) is 118 cm³/mol. The second-order valence-electron chi connectivity index (χ2n) is 9.22. The van der Waals surface area contributed by atoms with Crippen LogP contribution in [-0.2, 0) is 18.0 Å². The van der Waals surface area contributed by atoms with Crippen LogP contribution in [-0.4, -0.2) is 35.9 Å². The summed E-state index contributed by atoms with van der Waals surface area (Å²) in [5, 5.41) is 4.45. The average Bonchev–Trinajstić information content (AvgIpc) is 3.45. The molecule has 7 nitrogen and oxygen atoms in total. The van der Waals surface area contributed by atoms with Crippen LogP contribution in [0.3, 0.4) is 0 Å². The number of nitrogens with zero attached hydrogens (tertiary/aromatic N) is 6. The van der Waals surface area contributed by atoms with Crippen molar-refractivity contribution in [1.82, 2.24) is 29.3 Å². The van der Waals surface area contributed by atoms with Gasteiger partial charge in [0.1, 0.15) is 22.9 Å². The van der Waals surface area contributed by atoms with Gasteiger partial charge in [0, 0.05) is 36.9 Å². The fraction of sp³-hybridized carbons (Fsp3) is 0.417. The molecule has 2 atom stereocenters. The van der Waals surface area contributed by atoms with Crippen LogP contribution in [0, 0.1) is 5.82 Å². The number of alkyl halides is 3. The van der Waals surface area contributed by atoms with Crippen molar-refractivity contribution in [3.8, 4) is 11.3 Å². The lowest BCUT2D eigenvalue weighted by Crippen LogP contribution is -2.20. The fourth-order valence-electron chi connectivity index (χ4n) is 4.65. The Morgan fingerprint density at radius 2 is 1.94 bits per heavy atom. The van der Waals surface area contributed by atoms with Crippen molar-refractivity contribution >= 4 is 11.2 Å². The second kappa shape index (κ2) is 8.11. The molecule has 1 saturated heterocycles. The highest BCUT2D eigenvalue weighted by Crippen LogP contribution is 2.40. The minimum Gasteiger partial charge on any atom is -0.373 e. The first-order valence-corrected chi connectivity index (χ1v) is 11.5. The van der Waals surface area contributed by atoms with Crippen molar-refractivity contribution in [3.05, 3.63) is 59.7 Å². The summed E-state index contributed by atoms with van der Waals surface area (Å²) in [5.74, 6) is -0.599. The lowest BCUT2D eigenvalue weighted by atomic mass is 9.92. The smallest absolute Gasteiger partial charge is 0.373 e. The molecule has 6 rings (SSSR count). The highest BCUT2D eigenvalue weighted by Gasteiger charge is 2.33. The van der Waals surface area contributed by atoms with E-state index in [0.29, 0.717) is 48.5 Å². The summed E-state index contributed by atoms with van der Waals surface area (Å²) in [6.07, 6.45) is 4.14. The Balaban J connectivity index is 1.37. The van der Waals surface area contributed by atoms with Gasteiger partial charge in [0.2, 0.25) is 0 Å². The minimum absolute atomic E-state index is 0.0235. The van der Waals surface area contributed by atoms with Gasteiger partial charge in [-0.25, -0.2) is 19.3 Å². The van der Waals surface area contributed by atoms with Crippen LogP contribution >= 0.6 is 0 Å². The number of ether oxygens (including phenoxy) is 1. The van der Waals surface area contributed by atoms with E-state index in [-0.39, 0.29) is 23.3 Å². The Morgan fingerprint density at radius 3 is 2.69 bits per heavy atom. The SMILES string of the molecule is Cn1cnc2nc(C3CCO[C@@H](c4cnn(C5CC5)c4)C3)nc(-c3ccc(C(F)(F)F)cc3F)c21. The average molecular weight is 486 g/mol. The summed E-state index contributed by atoms with van der Waals surface area (Å²) in [6, 6.07) is 2.96. The Bertz CT molecular complexity index is 1410. The second-order valence-corrected chi connectivity index (χ2v) is 9.22. The van der Waals surface area contributed by atoms with Crippen LogP contribution < -0.4 is 0 Å². The summed E-state index contributed by atoms with van der Waals surface area (Å²) in [6.45, 7) is 0.498. The molecule has 11 heteroatoms. The van der Waals surface area contributed by atoms with Gasteiger partial charge < -0.3 is 9.30 Å². The summed E-state index contributed by atoms with van der Waals surface area (Å²) in [4.78, 5) is 13.6. The maximum absolute atomic E-state index is 14.9. The zero-order valence-electron chi connectivity index (χ0n) is 18.8. The molecule has 2 fully saturated rings. The van der Waals surface area contributed by atoms with E-state index in [9.17, 15) is 17.6 Å². The topological polar surface area (TPSA) is 70.7 Å². The first-order chi connectivity index (χ1) is 16.8. The minimum atomic E-state index is -4.64. The maximum Gasteiger partial charge on any atom is 0.416 e. The molecule has 1 aliphatic carbocycles. The molecule has 3 aromatic heterocycles. The van der Waals surface area contributed by atoms with Crippen molar-refractivity contribution in [3.63, 3.8) is 0 Å². The van der Waals surface area contributed by atoms with Gasteiger partial charge in [0.05, 0.1) is 30.2 Å². The van der Waals surface area contributed by atoms with E-state index in [1.807, 2.05) is 17.1 Å². The van der Waals surface area contributed by atoms with Gasteiger partial charge in [0.25, 0.3) is 0 Å². The third kappa shape index (κ3) is 4.07. The van der Waals surface area contributed by atoms with E-state index in [0.717, 1.165) is 30.5 Å². The van der Waals surface area contributed by atoms with Crippen LogP contribution in [0.5, 0.6) is 0 Å². The number of hydrogen-bond acceptors (Lipinski definition) is 5. The summed E-state index contributed by atoms with van der Waals surface area (Å²) in [7, 11) is 1.71. The highest BCUT2D eigenvalue weighted by atomic mass is 19.4. The van der Waals surface area contributed by atoms with E-state index < -0.39 is 17.6 Å². The number of aryl methyl sites for hydroxylation is 1. The molecule has 0 radical (unpaired) electrons. The number of hydrogen-bond donors (Lipinski definition) is 0. The number of benzene rings is 1. The Labute approximate surface area is 197 Å². The van der Waals surface area contributed by atoms with Crippen LogP contribution in [0.2, 0.25) is 0 Å². The first-order valence-electron chi connectivity index (χ1n) is 11.5. The van der Waals surface area contributed by atoms with E-state index >= 15 is 0 Å².